The fourth-order valence-corrected chi connectivity index (χ4v) is 2.26. The molecular weight excluding hydrogens is 413 g/mol. The lowest BCUT2D eigenvalue weighted by molar-refractivity contribution is -0.275. The average molecular weight is 432 g/mol. The van der Waals surface area contributed by atoms with E-state index < -0.39 is 18.1 Å². The number of halogens is 3. The van der Waals surface area contributed by atoms with Crippen molar-refractivity contribution < 1.29 is 36.9 Å². The third kappa shape index (κ3) is 8.68. The first kappa shape index (κ1) is 23.6. The maximum Gasteiger partial charge on any atom is 0.573 e. The van der Waals surface area contributed by atoms with Gasteiger partial charge in [-0.1, -0.05) is 43.2 Å². The average Bonchev–Trinajstić information content (AvgIpc) is 2.74. The van der Waals surface area contributed by atoms with Crippen molar-refractivity contribution in [3.63, 3.8) is 0 Å². The zero-order valence-corrected chi connectivity index (χ0v) is 16.4. The van der Waals surface area contributed by atoms with E-state index in [1.54, 1.807) is 30.3 Å². The van der Waals surface area contributed by atoms with Gasteiger partial charge in [0, 0.05) is 22.8 Å². The van der Waals surface area contributed by atoms with E-state index in [0.717, 1.165) is 17.9 Å². The van der Waals surface area contributed by atoms with Crippen LogP contribution >= 0.6 is 0 Å². The summed E-state index contributed by atoms with van der Waals surface area (Å²) in [7, 11) is 0. The van der Waals surface area contributed by atoms with Gasteiger partial charge in [0.25, 0.3) is 0 Å². The number of esters is 1. The van der Waals surface area contributed by atoms with Crippen LogP contribution in [0.5, 0.6) is 5.75 Å². The Bertz CT molecular complexity index is 969. The molecule has 0 atom stereocenters. The molecule has 2 aromatic carbocycles. The Balaban J connectivity index is 2.13. The Hall–Kier alpha value is -3.70. The quantitative estimate of drug-likeness (QED) is 0.142. The highest BCUT2D eigenvalue weighted by atomic mass is 19.4. The molecule has 0 unspecified atom stereocenters. The minimum atomic E-state index is -4.86. The fourth-order valence-electron chi connectivity index (χ4n) is 2.26. The largest absolute Gasteiger partial charge is 0.573 e. The molecular formula is C23H19F3O5. The standard InChI is InChI=1S/C23H19F3O5/c1-3-22(27)30-14-19-9-6-17(7-10-19)5-8-18-11-12-20(15-29-16-28-4-2)21(13-18)31-23(24,25)26/h3-4,6-7,9-13H,1-2,14-16H2. The summed E-state index contributed by atoms with van der Waals surface area (Å²) >= 11 is 0. The van der Waals surface area contributed by atoms with Crippen molar-refractivity contribution >= 4 is 5.97 Å². The smallest absolute Gasteiger partial charge is 0.476 e. The molecule has 5 nitrogen and oxygen atoms in total. The Morgan fingerprint density at radius 2 is 1.68 bits per heavy atom. The zero-order valence-electron chi connectivity index (χ0n) is 16.4. The van der Waals surface area contributed by atoms with Crippen LogP contribution in [0.1, 0.15) is 22.3 Å². The van der Waals surface area contributed by atoms with Gasteiger partial charge in [-0.05, 0) is 29.8 Å². The monoisotopic (exact) mass is 432 g/mol. The molecule has 162 valence electrons. The van der Waals surface area contributed by atoms with Crippen molar-refractivity contribution in [1.29, 1.82) is 0 Å². The summed E-state index contributed by atoms with van der Waals surface area (Å²) in [5.74, 6) is 4.72. The number of carbonyl (C=O) groups is 1. The number of hydrogen-bond donors (Lipinski definition) is 0. The molecule has 31 heavy (non-hydrogen) atoms. The molecule has 0 heterocycles. The number of alkyl halides is 3. The Morgan fingerprint density at radius 1 is 1.00 bits per heavy atom. The summed E-state index contributed by atoms with van der Waals surface area (Å²) in [6.45, 7) is 6.45. The number of ether oxygens (including phenoxy) is 4. The van der Waals surface area contributed by atoms with Gasteiger partial charge >= 0.3 is 12.3 Å². The van der Waals surface area contributed by atoms with E-state index in [1.807, 2.05) is 0 Å². The van der Waals surface area contributed by atoms with Crippen LogP contribution in [0.15, 0.2) is 68.0 Å². The normalized spacial score (nSPS) is 10.4. The molecule has 8 heteroatoms. The lowest BCUT2D eigenvalue weighted by Crippen LogP contribution is -2.18. The number of carbonyl (C=O) groups excluding carboxylic acids is 1. The first-order valence-corrected chi connectivity index (χ1v) is 8.90. The Morgan fingerprint density at radius 3 is 2.32 bits per heavy atom. The van der Waals surface area contributed by atoms with Gasteiger partial charge in [-0.25, -0.2) is 4.79 Å². The second kappa shape index (κ2) is 11.5. The highest BCUT2D eigenvalue weighted by molar-refractivity contribution is 5.81. The van der Waals surface area contributed by atoms with E-state index in [-0.39, 0.29) is 25.6 Å². The predicted octanol–water partition coefficient (Wildman–Crippen LogP) is 4.85. The van der Waals surface area contributed by atoms with Crippen molar-refractivity contribution in [2.24, 2.45) is 0 Å². The Labute approximate surface area is 177 Å². The van der Waals surface area contributed by atoms with Crippen LogP contribution in [-0.4, -0.2) is 19.1 Å². The fraction of sp³-hybridized carbons (Fsp3) is 0.174. The highest BCUT2D eigenvalue weighted by Crippen LogP contribution is 2.28. The lowest BCUT2D eigenvalue weighted by Gasteiger charge is -2.14. The molecule has 0 aliphatic rings. The van der Waals surface area contributed by atoms with Crippen molar-refractivity contribution in [2.45, 2.75) is 19.6 Å². The van der Waals surface area contributed by atoms with Crippen LogP contribution in [0.25, 0.3) is 0 Å². The van der Waals surface area contributed by atoms with Crippen LogP contribution < -0.4 is 4.74 Å². The van der Waals surface area contributed by atoms with Gasteiger partial charge in [0.15, 0.2) is 6.79 Å². The van der Waals surface area contributed by atoms with Crippen molar-refractivity contribution in [2.75, 3.05) is 6.79 Å². The molecule has 0 aromatic heterocycles. The molecule has 2 aromatic rings. The molecule has 0 amide bonds. The van der Waals surface area contributed by atoms with Gasteiger partial charge in [0.1, 0.15) is 12.4 Å². The second-order valence-electron chi connectivity index (χ2n) is 5.93. The minimum absolute atomic E-state index is 0.0953. The van der Waals surface area contributed by atoms with Gasteiger partial charge in [-0.15, -0.1) is 13.2 Å². The molecule has 0 aliphatic carbocycles. The Kier molecular flexibility index (Phi) is 8.73. The second-order valence-corrected chi connectivity index (χ2v) is 5.93. The van der Waals surface area contributed by atoms with Gasteiger partial charge in [-0.2, -0.15) is 0 Å². The molecule has 0 bridgehead atoms. The predicted molar refractivity (Wildman–Crippen MR) is 106 cm³/mol. The van der Waals surface area contributed by atoms with Crippen LogP contribution in [0.2, 0.25) is 0 Å². The minimum Gasteiger partial charge on any atom is -0.476 e. The third-order valence-corrected chi connectivity index (χ3v) is 3.67. The maximum absolute atomic E-state index is 12.7. The molecule has 0 radical (unpaired) electrons. The van der Waals surface area contributed by atoms with Gasteiger partial charge in [-0.3, -0.25) is 0 Å². The molecule has 0 saturated heterocycles. The topological polar surface area (TPSA) is 54.0 Å². The van der Waals surface area contributed by atoms with Crippen LogP contribution in [0.3, 0.4) is 0 Å². The first-order valence-electron chi connectivity index (χ1n) is 8.90. The van der Waals surface area contributed by atoms with Crippen molar-refractivity contribution in [3.8, 4) is 17.6 Å². The first-order chi connectivity index (χ1) is 14.8. The molecule has 0 saturated carbocycles. The van der Waals surface area contributed by atoms with E-state index in [1.165, 1.54) is 12.1 Å². The van der Waals surface area contributed by atoms with Crippen molar-refractivity contribution in [1.82, 2.24) is 0 Å². The molecule has 0 fully saturated rings. The highest BCUT2D eigenvalue weighted by Gasteiger charge is 2.32. The SMILES string of the molecule is C=COCOCc1ccc(C#Cc2ccc(COC(=O)C=C)cc2)cc1OC(F)(F)F. The van der Waals surface area contributed by atoms with Gasteiger partial charge in [0.05, 0.1) is 12.9 Å². The molecule has 0 N–H and O–H groups in total. The van der Waals surface area contributed by atoms with Gasteiger partial charge in [0.2, 0.25) is 0 Å². The number of rotatable bonds is 9. The zero-order chi connectivity index (χ0) is 22.7. The number of benzene rings is 2. The van der Waals surface area contributed by atoms with E-state index >= 15 is 0 Å². The van der Waals surface area contributed by atoms with E-state index in [4.69, 9.17) is 14.2 Å². The van der Waals surface area contributed by atoms with E-state index in [2.05, 4.69) is 29.7 Å². The maximum atomic E-state index is 12.7. The summed E-state index contributed by atoms with van der Waals surface area (Å²) in [4.78, 5) is 11.1. The van der Waals surface area contributed by atoms with E-state index in [9.17, 15) is 18.0 Å². The van der Waals surface area contributed by atoms with Crippen LogP contribution in [0.4, 0.5) is 13.2 Å². The van der Waals surface area contributed by atoms with E-state index in [0.29, 0.717) is 11.1 Å². The number of hydrogen-bond acceptors (Lipinski definition) is 5. The van der Waals surface area contributed by atoms with Crippen molar-refractivity contribution in [3.05, 3.63) is 90.2 Å². The third-order valence-electron chi connectivity index (χ3n) is 3.67. The van der Waals surface area contributed by atoms with Crippen LogP contribution in [0, 0.1) is 11.8 Å². The van der Waals surface area contributed by atoms with Gasteiger partial charge < -0.3 is 18.9 Å². The molecule has 2 rings (SSSR count). The summed E-state index contributed by atoms with van der Waals surface area (Å²) in [5, 5.41) is 0. The summed E-state index contributed by atoms with van der Waals surface area (Å²) in [6.07, 6.45) is -2.63. The summed E-state index contributed by atoms with van der Waals surface area (Å²) in [6, 6.07) is 11.1. The lowest BCUT2D eigenvalue weighted by atomic mass is 10.1. The molecule has 0 aliphatic heterocycles. The van der Waals surface area contributed by atoms with Crippen LogP contribution in [-0.2, 0) is 32.2 Å². The summed E-state index contributed by atoms with van der Waals surface area (Å²) < 4.78 is 57.2. The molecule has 0 spiro atoms. The summed E-state index contributed by atoms with van der Waals surface area (Å²) in [5.41, 5.74) is 1.90.